The Kier molecular flexibility index (Phi) is 3.56. The van der Waals surface area contributed by atoms with Gasteiger partial charge >= 0.3 is 5.69 Å². The van der Waals surface area contributed by atoms with Crippen molar-refractivity contribution in [1.82, 2.24) is 9.97 Å². The highest BCUT2D eigenvalue weighted by atomic mass is 16.6. The lowest BCUT2D eigenvalue weighted by Crippen LogP contribution is -2.28. The van der Waals surface area contributed by atoms with Crippen LogP contribution in [-0.4, -0.2) is 39.7 Å². The Balaban J connectivity index is 3.09. The molecule has 0 aromatic carbocycles. The molecule has 0 spiro atoms. The number of hydrogen-bond donors (Lipinski definition) is 2. The van der Waals surface area contributed by atoms with Gasteiger partial charge in [-0.25, -0.2) is 4.98 Å². The van der Waals surface area contributed by atoms with E-state index in [1.165, 1.54) is 4.90 Å². The smallest absolute Gasteiger partial charge is 0.329 e. The molecular formula is C8H13N5O3. The molecule has 8 nitrogen and oxygen atoms in total. The SMILES string of the molecule is CC(O)CN(C)c1nc(N)ncc1[N+](=O)[O-]. The van der Waals surface area contributed by atoms with Gasteiger partial charge in [-0.3, -0.25) is 10.1 Å². The number of anilines is 2. The number of nitrogen functional groups attached to an aromatic ring is 1. The molecule has 0 bridgehead atoms. The zero-order valence-corrected chi connectivity index (χ0v) is 8.99. The van der Waals surface area contributed by atoms with Gasteiger partial charge < -0.3 is 15.7 Å². The van der Waals surface area contributed by atoms with E-state index in [1.54, 1.807) is 14.0 Å². The van der Waals surface area contributed by atoms with Crippen molar-refractivity contribution in [1.29, 1.82) is 0 Å². The molecule has 16 heavy (non-hydrogen) atoms. The van der Waals surface area contributed by atoms with E-state index < -0.39 is 11.0 Å². The fourth-order valence-corrected chi connectivity index (χ4v) is 1.27. The molecule has 8 heteroatoms. The van der Waals surface area contributed by atoms with E-state index in [9.17, 15) is 15.2 Å². The Morgan fingerprint density at radius 2 is 2.38 bits per heavy atom. The van der Waals surface area contributed by atoms with E-state index in [0.29, 0.717) is 0 Å². The van der Waals surface area contributed by atoms with Crippen LogP contribution in [0.1, 0.15) is 6.92 Å². The Morgan fingerprint density at radius 3 is 2.88 bits per heavy atom. The number of nitrogens with two attached hydrogens (primary N) is 1. The van der Waals surface area contributed by atoms with Crippen LogP contribution in [0.25, 0.3) is 0 Å². The van der Waals surface area contributed by atoms with Crippen molar-refractivity contribution >= 4 is 17.5 Å². The molecule has 0 saturated heterocycles. The molecule has 1 unspecified atom stereocenters. The van der Waals surface area contributed by atoms with Crippen LogP contribution in [0.15, 0.2) is 6.20 Å². The van der Waals surface area contributed by atoms with Crippen molar-refractivity contribution in [2.45, 2.75) is 13.0 Å². The average Bonchev–Trinajstić information content (AvgIpc) is 2.15. The first-order valence-corrected chi connectivity index (χ1v) is 4.58. The van der Waals surface area contributed by atoms with Gasteiger partial charge in [0.15, 0.2) is 0 Å². The second-order valence-corrected chi connectivity index (χ2v) is 3.42. The maximum absolute atomic E-state index is 10.7. The van der Waals surface area contributed by atoms with Gasteiger partial charge in [0.05, 0.1) is 11.0 Å². The summed E-state index contributed by atoms with van der Waals surface area (Å²) in [4.78, 5) is 18.9. The third kappa shape index (κ3) is 2.76. The Hall–Kier alpha value is -1.96. The van der Waals surface area contributed by atoms with Crippen molar-refractivity contribution in [3.8, 4) is 0 Å². The molecule has 0 amide bonds. The van der Waals surface area contributed by atoms with Crippen LogP contribution in [-0.2, 0) is 0 Å². The maximum Gasteiger partial charge on any atom is 0.329 e. The molecule has 3 N–H and O–H groups in total. The molecule has 1 atom stereocenters. The first kappa shape index (κ1) is 12.1. The molecule has 0 saturated carbocycles. The van der Waals surface area contributed by atoms with Gasteiger partial charge in [-0.2, -0.15) is 4.98 Å². The lowest BCUT2D eigenvalue weighted by Gasteiger charge is -2.19. The van der Waals surface area contributed by atoms with Gasteiger partial charge in [0.25, 0.3) is 0 Å². The molecule has 1 aromatic rings. The molecule has 0 aliphatic rings. The predicted octanol–water partition coefficient (Wildman–Crippen LogP) is -0.216. The minimum Gasteiger partial charge on any atom is -0.392 e. The van der Waals surface area contributed by atoms with Crippen molar-refractivity contribution < 1.29 is 10.0 Å². The lowest BCUT2D eigenvalue weighted by atomic mass is 10.3. The first-order chi connectivity index (χ1) is 7.41. The average molecular weight is 227 g/mol. The molecule has 1 aromatic heterocycles. The zero-order valence-electron chi connectivity index (χ0n) is 8.99. The standard InChI is InChI=1S/C8H13N5O3/c1-5(14)4-12(2)7-6(13(15)16)3-10-8(9)11-7/h3,5,14H,4H2,1-2H3,(H2,9,10,11). The van der Waals surface area contributed by atoms with Gasteiger partial charge in [0.1, 0.15) is 6.20 Å². The number of aliphatic hydroxyl groups is 1. The van der Waals surface area contributed by atoms with Crippen LogP contribution < -0.4 is 10.6 Å². The lowest BCUT2D eigenvalue weighted by molar-refractivity contribution is -0.384. The molecule has 1 heterocycles. The van der Waals surface area contributed by atoms with Crippen LogP contribution in [0.3, 0.4) is 0 Å². The van der Waals surface area contributed by atoms with E-state index in [1.807, 2.05) is 0 Å². The number of aromatic nitrogens is 2. The topological polar surface area (TPSA) is 118 Å². The molecule has 0 radical (unpaired) electrons. The number of aliphatic hydroxyl groups excluding tert-OH is 1. The second-order valence-electron chi connectivity index (χ2n) is 3.42. The summed E-state index contributed by atoms with van der Waals surface area (Å²) in [5.74, 6) is 0.0523. The van der Waals surface area contributed by atoms with Gasteiger partial charge in [-0.05, 0) is 6.92 Å². The van der Waals surface area contributed by atoms with E-state index >= 15 is 0 Å². The maximum atomic E-state index is 10.7. The summed E-state index contributed by atoms with van der Waals surface area (Å²) in [5.41, 5.74) is 5.12. The molecule has 88 valence electrons. The molecule has 1 rings (SSSR count). The van der Waals surface area contributed by atoms with Crippen LogP contribution in [0.5, 0.6) is 0 Å². The summed E-state index contributed by atoms with van der Waals surface area (Å²) in [6, 6.07) is 0. The number of likely N-dealkylation sites (N-methyl/N-ethyl adjacent to an activating group) is 1. The highest BCUT2D eigenvalue weighted by Crippen LogP contribution is 2.24. The Labute approximate surface area is 91.9 Å². The summed E-state index contributed by atoms with van der Waals surface area (Å²) in [6.45, 7) is 1.80. The van der Waals surface area contributed by atoms with Crippen LogP contribution >= 0.6 is 0 Å². The summed E-state index contributed by atoms with van der Waals surface area (Å²) in [5, 5.41) is 19.9. The van der Waals surface area contributed by atoms with Crippen LogP contribution in [0.2, 0.25) is 0 Å². The zero-order chi connectivity index (χ0) is 12.3. The van der Waals surface area contributed by atoms with E-state index in [4.69, 9.17) is 5.73 Å². The molecule has 0 fully saturated rings. The third-order valence-electron chi connectivity index (χ3n) is 1.87. The minimum atomic E-state index is -0.624. The first-order valence-electron chi connectivity index (χ1n) is 4.58. The molecule has 0 aliphatic carbocycles. The van der Waals surface area contributed by atoms with E-state index in [-0.39, 0.29) is 24.0 Å². The van der Waals surface area contributed by atoms with Crippen molar-refractivity contribution in [3.05, 3.63) is 16.3 Å². The number of nitrogens with zero attached hydrogens (tertiary/aromatic N) is 4. The van der Waals surface area contributed by atoms with Gasteiger partial charge in [0, 0.05) is 13.6 Å². The highest BCUT2D eigenvalue weighted by Gasteiger charge is 2.20. The second kappa shape index (κ2) is 4.71. The van der Waals surface area contributed by atoms with Gasteiger partial charge in [-0.15, -0.1) is 0 Å². The fourth-order valence-electron chi connectivity index (χ4n) is 1.27. The quantitative estimate of drug-likeness (QED) is 0.539. The largest absolute Gasteiger partial charge is 0.392 e. The highest BCUT2D eigenvalue weighted by molar-refractivity contribution is 5.57. The molecular weight excluding hydrogens is 214 g/mol. The third-order valence-corrected chi connectivity index (χ3v) is 1.87. The summed E-state index contributed by atoms with van der Waals surface area (Å²) < 4.78 is 0. The number of hydrogen-bond acceptors (Lipinski definition) is 7. The Bertz CT molecular complexity index is 395. The molecule has 0 aliphatic heterocycles. The van der Waals surface area contributed by atoms with Crippen LogP contribution in [0, 0.1) is 10.1 Å². The van der Waals surface area contributed by atoms with Crippen molar-refractivity contribution in [2.24, 2.45) is 0 Å². The number of rotatable bonds is 4. The summed E-state index contributed by atoms with van der Waals surface area (Å²) >= 11 is 0. The summed E-state index contributed by atoms with van der Waals surface area (Å²) in [6.07, 6.45) is 0.428. The Morgan fingerprint density at radius 1 is 1.75 bits per heavy atom. The number of nitro groups is 1. The van der Waals surface area contributed by atoms with Gasteiger partial charge in [-0.1, -0.05) is 0 Å². The van der Waals surface area contributed by atoms with Gasteiger partial charge in [0.2, 0.25) is 11.8 Å². The van der Waals surface area contributed by atoms with Crippen molar-refractivity contribution in [3.63, 3.8) is 0 Å². The monoisotopic (exact) mass is 227 g/mol. The normalized spacial score (nSPS) is 12.2. The minimum absolute atomic E-state index is 0.0435. The van der Waals surface area contributed by atoms with E-state index in [2.05, 4.69) is 9.97 Å². The predicted molar refractivity (Wildman–Crippen MR) is 58.0 cm³/mol. The van der Waals surface area contributed by atoms with Crippen molar-refractivity contribution in [2.75, 3.05) is 24.2 Å². The van der Waals surface area contributed by atoms with Crippen LogP contribution in [0.4, 0.5) is 17.5 Å². The fraction of sp³-hybridized carbons (Fsp3) is 0.500. The summed E-state index contributed by atoms with van der Waals surface area (Å²) in [7, 11) is 1.58. The van der Waals surface area contributed by atoms with E-state index in [0.717, 1.165) is 6.20 Å².